The van der Waals surface area contributed by atoms with Crippen LogP contribution < -0.4 is 11.1 Å². The van der Waals surface area contributed by atoms with E-state index in [0.29, 0.717) is 12.5 Å². The van der Waals surface area contributed by atoms with Crippen LogP contribution in [0.4, 0.5) is 11.5 Å². The first-order valence-electron chi connectivity index (χ1n) is 6.34. The number of aromatic nitrogens is 1. The van der Waals surface area contributed by atoms with Crippen molar-refractivity contribution in [1.29, 1.82) is 0 Å². The maximum absolute atomic E-state index is 12.0. The molecular weight excluding hydrogens is 280 g/mol. The molecule has 0 spiro atoms. The summed E-state index contributed by atoms with van der Waals surface area (Å²) in [5.74, 6) is 2.29. The fourth-order valence-corrected chi connectivity index (χ4v) is 3.23. The second-order valence-corrected chi connectivity index (χ2v) is 5.87. The third-order valence-corrected chi connectivity index (χ3v) is 4.30. The van der Waals surface area contributed by atoms with Gasteiger partial charge in [0.15, 0.2) is 0 Å². The van der Waals surface area contributed by atoms with Gasteiger partial charge in [-0.2, -0.15) is 11.8 Å². The molecule has 0 unspecified atom stereocenters. The summed E-state index contributed by atoms with van der Waals surface area (Å²) in [6.07, 6.45) is 3.20. The molecule has 2 heterocycles. The number of hydrogen-bond donors (Lipinski definition) is 2. The van der Waals surface area contributed by atoms with Crippen LogP contribution >= 0.6 is 11.8 Å². The normalized spacial score (nSPS) is 15.8. The average molecular weight is 296 g/mol. The Labute approximate surface area is 120 Å². The molecule has 0 aromatic carbocycles. The van der Waals surface area contributed by atoms with E-state index < -0.39 is 10.8 Å². The van der Waals surface area contributed by atoms with Crippen molar-refractivity contribution in [1.82, 2.24) is 10.3 Å². The van der Waals surface area contributed by atoms with Crippen LogP contribution in [-0.2, 0) is 0 Å². The zero-order chi connectivity index (χ0) is 14.5. The van der Waals surface area contributed by atoms with Crippen LogP contribution in [0.3, 0.4) is 0 Å². The molecule has 2 rings (SSSR count). The van der Waals surface area contributed by atoms with Gasteiger partial charge in [-0.05, 0) is 30.3 Å². The van der Waals surface area contributed by atoms with Gasteiger partial charge in [-0.15, -0.1) is 0 Å². The second-order valence-electron chi connectivity index (χ2n) is 4.65. The van der Waals surface area contributed by atoms with Crippen molar-refractivity contribution >= 4 is 29.2 Å². The molecule has 3 N–H and O–H groups in total. The van der Waals surface area contributed by atoms with Gasteiger partial charge in [0, 0.05) is 12.6 Å². The molecule has 1 amide bonds. The molecule has 0 bridgehead atoms. The van der Waals surface area contributed by atoms with E-state index >= 15 is 0 Å². The SMILES string of the molecule is Nc1ncc([N+](=O)[O-])cc1C(=O)NCC1CCSCC1. The number of nitro groups is 1. The minimum atomic E-state index is -0.596. The monoisotopic (exact) mass is 296 g/mol. The quantitative estimate of drug-likeness (QED) is 0.642. The Morgan fingerprint density at radius 3 is 2.90 bits per heavy atom. The molecule has 0 radical (unpaired) electrons. The predicted molar refractivity (Wildman–Crippen MR) is 77.7 cm³/mol. The lowest BCUT2D eigenvalue weighted by Gasteiger charge is -2.21. The van der Waals surface area contributed by atoms with E-state index in [-0.39, 0.29) is 17.1 Å². The maximum atomic E-state index is 12.0. The Morgan fingerprint density at radius 2 is 2.25 bits per heavy atom. The van der Waals surface area contributed by atoms with E-state index in [9.17, 15) is 14.9 Å². The number of anilines is 1. The number of nitrogens with zero attached hydrogens (tertiary/aromatic N) is 2. The molecule has 1 aliphatic heterocycles. The smallest absolute Gasteiger partial charge is 0.288 e. The molecule has 1 saturated heterocycles. The highest BCUT2D eigenvalue weighted by Crippen LogP contribution is 2.22. The fraction of sp³-hybridized carbons (Fsp3) is 0.500. The van der Waals surface area contributed by atoms with Gasteiger partial charge >= 0.3 is 0 Å². The van der Waals surface area contributed by atoms with Crippen LogP contribution in [-0.4, -0.2) is 33.9 Å². The minimum Gasteiger partial charge on any atom is -0.383 e. The zero-order valence-electron chi connectivity index (χ0n) is 10.9. The van der Waals surface area contributed by atoms with Crippen LogP contribution in [0.15, 0.2) is 12.3 Å². The third-order valence-electron chi connectivity index (χ3n) is 3.25. The molecule has 0 aliphatic carbocycles. The Balaban J connectivity index is 2.00. The number of thioether (sulfide) groups is 1. The van der Waals surface area contributed by atoms with Gasteiger partial charge < -0.3 is 11.1 Å². The Bertz CT molecular complexity index is 517. The zero-order valence-corrected chi connectivity index (χ0v) is 11.7. The van der Waals surface area contributed by atoms with E-state index in [4.69, 9.17) is 5.73 Å². The number of amides is 1. The summed E-state index contributed by atoms with van der Waals surface area (Å²) in [5.41, 5.74) is 5.42. The van der Waals surface area contributed by atoms with Crippen molar-refractivity contribution in [3.8, 4) is 0 Å². The van der Waals surface area contributed by atoms with Crippen LogP contribution in [0.25, 0.3) is 0 Å². The topological polar surface area (TPSA) is 111 Å². The van der Waals surface area contributed by atoms with E-state index in [2.05, 4.69) is 10.3 Å². The van der Waals surface area contributed by atoms with Crippen LogP contribution in [0, 0.1) is 16.0 Å². The Kier molecular flexibility index (Phi) is 4.78. The van der Waals surface area contributed by atoms with Gasteiger partial charge in [0.05, 0.1) is 10.5 Å². The highest BCUT2D eigenvalue weighted by molar-refractivity contribution is 7.99. The third kappa shape index (κ3) is 3.60. The Morgan fingerprint density at radius 1 is 1.55 bits per heavy atom. The maximum Gasteiger partial charge on any atom is 0.288 e. The summed E-state index contributed by atoms with van der Waals surface area (Å²) in [5, 5.41) is 13.5. The first kappa shape index (κ1) is 14.6. The molecule has 1 aromatic rings. The number of rotatable bonds is 4. The van der Waals surface area contributed by atoms with Crippen LogP contribution in [0.1, 0.15) is 23.2 Å². The number of carbonyl (C=O) groups is 1. The predicted octanol–water partition coefficient (Wildman–Crippen LogP) is 1.44. The summed E-state index contributed by atoms with van der Waals surface area (Å²) in [6.45, 7) is 0.571. The van der Waals surface area contributed by atoms with Crippen molar-refractivity contribution < 1.29 is 9.72 Å². The lowest BCUT2D eigenvalue weighted by molar-refractivity contribution is -0.385. The number of nitrogens with two attached hydrogens (primary N) is 1. The second kappa shape index (κ2) is 6.56. The molecule has 0 atom stereocenters. The number of nitrogens with one attached hydrogen (secondary N) is 1. The van der Waals surface area contributed by atoms with Crippen molar-refractivity contribution in [3.05, 3.63) is 27.9 Å². The van der Waals surface area contributed by atoms with Gasteiger partial charge in [0.2, 0.25) is 0 Å². The molecule has 20 heavy (non-hydrogen) atoms. The molecular formula is C12H16N4O3S. The molecule has 0 saturated carbocycles. The minimum absolute atomic E-state index is 0.00676. The van der Waals surface area contributed by atoms with Crippen molar-refractivity contribution in [2.75, 3.05) is 23.8 Å². The summed E-state index contributed by atoms with van der Waals surface area (Å²) < 4.78 is 0. The van der Waals surface area contributed by atoms with Gasteiger partial charge in [-0.25, -0.2) is 4.98 Å². The fourth-order valence-electron chi connectivity index (χ4n) is 2.03. The number of nitrogen functional groups attached to an aromatic ring is 1. The van der Waals surface area contributed by atoms with E-state index in [1.165, 1.54) is 0 Å². The lowest BCUT2D eigenvalue weighted by Crippen LogP contribution is -2.31. The molecule has 108 valence electrons. The average Bonchev–Trinajstić information content (AvgIpc) is 2.46. The van der Waals surface area contributed by atoms with Gasteiger partial charge in [-0.1, -0.05) is 0 Å². The summed E-state index contributed by atoms with van der Waals surface area (Å²) in [6, 6.07) is 1.16. The standard InChI is InChI=1S/C12H16N4O3S/c13-11-10(5-9(7-14-11)16(18)19)12(17)15-6-8-1-3-20-4-2-8/h5,7-8H,1-4,6H2,(H2,13,14)(H,15,17). The van der Waals surface area contributed by atoms with E-state index in [1.54, 1.807) is 0 Å². The largest absolute Gasteiger partial charge is 0.383 e. The van der Waals surface area contributed by atoms with Crippen molar-refractivity contribution in [2.45, 2.75) is 12.8 Å². The molecule has 7 nitrogen and oxygen atoms in total. The van der Waals surface area contributed by atoms with Gasteiger partial charge in [-0.3, -0.25) is 14.9 Å². The van der Waals surface area contributed by atoms with E-state index in [0.717, 1.165) is 36.6 Å². The summed E-state index contributed by atoms with van der Waals surface area (Å²) in [7, 11) is 0. The summed E-state index contributed by atoms with van der Waals surface area (Å²) in [4.78, 5) is 25.8. The van der Waals surface area contributed by atoms with Crippen LogP contribution in [0.2, 0.25) is 0 Å². The first-order chi connectivity index (χ1) is 9.58. The number of hydrogen-bond acceptors (Lipinski definition) is 6. The Hall–Kier alpha value is -1.83. The lowest BCUT2D eigenvalue weighted by atomic mass is 10.0. The molecule has 1 aromatic heterocycles. The summed E-state index contributed by atoms with van der Waals surface area (Å²) >= 11 is 1.92. The first-order valence-corrected chi connectivity index (χ1v) is 7.49. The van der Waals surface area contributed by atoms with Gasteiger partial charge in [0.1, 0.15) is 12.0 Å². The van der Waals surface area contributed by atoms with Gasteiger partial charge in [0.25, 0.3) is 11.6 Å². The number of carbonyl (C=O) groups excluding carboxylic acids is 1. The van der Waals surface area contributed by atoms with E-state index in [1.807, 2.05) is 11.8 Å². The molecule has 1 fully saturated rings. The van der Waals surface area contributed by atoms with Crippen LogP contribution in [0.5, 0.6) is 0 Å². The number of pyridine rings is 1. The molecule has 8 heteroatoms. The highest BCUT2D eigenvalue weighted by Gasteiger charge is 2.19. The van der Waals surface area contributed by atoms with Crippen molar-refractivity contribution in [2.24, 2.45) is 5.92 Å². The highest BCUT2D eigenvalue weighted by atomic mass is 32.2. The molecule has 1 aliphatic rings. The van der Waals surface area contributed by atoms with Crippen molar-refractivity contribution in [3.63, 3.8) is 0 Å².